The normalized spacial score (nSPS) is 20.7. The van der Waals surface area contributed by atoms with Gasteiger partial charge >= 0.3 is 0 Å². The molecular formula is C23H23N3O2S. The van der Waals surface area contributed by atoms with Crippen LogP contribution >= 0.6 is 11.8 Å². The van der Waals surface area contributed by atoms with Gasteiger partial charge in [0, 0.05) is 17.0 Å². The average Bonchev–Trinajstić information content (AvgIpc) is 3.51. The standard InChI is InChI=1S/C23H23N3O2S/c1-28-17-8-4-7-15(12-17)18-14-24-22(25-18)19-9-5-11-26(19)23(27)21-13-16-6-2-3-10-20(16)29-21/h2-4,6-8,10,12,14,19,21H,5,9,11,13H2,1H3,(H,24,25)/t19-,21+/m0/s1. The minimum atomic E-state index is -0.0270. The number of hydrogen-bond donors (Lipinski definition) is 1. The van der Waals surface area contributed by atoms with Gasteiger partial charge in [0.15, 0.2) is 0 Å². The number of H-pyrrole nitrogens is 1. The topological polar surface area (TPSA) is 58.2 Å². The maximum Gasteiger partial charge on any atom is 0.237 e. The molecule has 2 aromatic carbocycles. The highest BCUT2D eigenvalue weighted by atomic mass is 32.2. The number of likely N-dealkylation sites (tertiary alicyclic amines) is 1. The monoisotopic (exact) mass is 405 g/mol. The minimum Gasteiger partial charge on any atom is -0.497 e. The Hall–Kier alpha value is -2.73. The van der Waals surface area contributed by atoms with E-state index in [-0.39, 0.29) is 17.2 Å². The molecule has 0 spiro atoms. The van der Waals surface area contributed by atoms with E-state index >= 15 is 0 Å². The van der Waals surface area contributed by atoms with E-state index in [1.165, 1.54) is 10.5 Å². The van der Waals surface area contributed by atoms with E-state index in [1.807, 2.05) is 47.5 Å². The van der Waals surface area contributed by atoms with Crippen molar-refractivity contribution in [3.8, 4) is 17.0 Å². The Kier molecular flexibility index (Phi) is 4.79. The molecule has 2 aliphatic rings. The lowest BCUT2D eigenvalue weighted by Gasteiger charge is -2.25. The third-order valence-corrected chi connectivity index (χ3v) is 7.06. The molecule has 0 aliphatic carbocycles. The number of hydrogen-bond acceptors (Lipinski definition) is 4. The molecule has 0 unspecified atom stereocenters. The van der Waals surface area contributed by atoms with Gasteiger partial charge < -0.3 is 14.6 Å². The SMILES string of the molecule is COc1cccc(-c2cnc([C@@H]3CCCN3C(=O)[C@H]3Cc4ccccc4S3)[nH]2)c1. The van der Waals surface area contributed by atoms with Gasteiger partial charge in [-0.05, 0) is 43.0 Å². The molecule has 1 saturated heterocycles. The van der Waals surface area contributed by atoms with Gasteiger partial charge in [0.25, 0.3) is 0 Å². The van der Waals surface area contributed by atoms with Crippen molar-refractivity contribution < 1.29 is 9.53 Å². The molecule has 0 bridgehead atoms. The highest BCUT2D eigenvalue weighted by Crippen LogP contribution is 2.40. The van der Waals surface area contributed by atoms with Gasteiger partial charge in [-0.2, -0.15) is 0 Å². The maximum absolute atomic E-state index is 13.3. The molecule has 0 radical (unpaired) electrons. The molecule has 1 N–H and O–H groups in total. The fourth-order valence-electron chi connectivity index (χ4n) is 4.26. The number of carbonyl (C=O) groups excluding carboxylic acids is 1. The van der Waals surface area contributed by atoms with Gasteiger partial charge in [-0.1, -0.05) is 30.3 Å². The molecule has 29 heavy (non-hydrogen) atoms. The fraction of sp³-hybridized carbons (Fsp3) is 0.304. The summed E-state index contributed by atoms with van der Waals surface area (Å²) < 4.78 is 5.33. The zero-order chi connectivity index (χ0) is 19.8. The second kappa shape index (κ2) is 7.59. The van der Waals surface area contributed by atoms with Crippen molar-refractivity contribution in [2.24, 2.45) is 0 Å². The van der Waals surface area contributed by atoms with Crippen LogP contribution in [0.1, 0.15) is 30.3 Å². The lowest BCUT2D eigenvalue weighted by Crippen LogP contribution is -2.37. The first-order valence-electron chi connectivity index (χ1n) is 9.97. The van der Waals surface area contributed by atoms with E-state index < -0.39 is 0 Å². The third kappa shape index (κ3) is 3.42. The Balaban J connectivity index is 1.35. The van der Waals surface area contributed by atoms with Crippen molar-refractivity contribution in [2.75, 3.05) is 13.7 Å². The number of benzene rings is 2. The lowest BCUT2D eigenvalue weighted by molar-refractivity contribution is -0.131. The van der Waals surface area contributed by atoms with Gasteiger partial charge in [0.2, 0.25) is 5.91 Å². The van der Waals surface area contributed by atoms with Crippen molar-refractivity contribution in [1.82, 2.24) is 14.9 Å². The van der Waals surface area contributed by atoms with Crippen molar-refractivity contribution in [3.63, 3.8) is 0 Å². The molecule has 3 heterocycles. The van der Waals surface area contributed by atoms with Crippen LogP contribution in [0.3, 0.4) is 0 Å². The van der Waals surface area contributed by atoms with Gasteiger partial charge in [-0.15, -0.1) is 11.8 Å². The quantitative estimate of drug-likeness (QED) is 0.696. The maximum atomic E-state index is 13.3. The highest BCUT2D eigenvalue weighted by molar-refractivity contribution is 8.01. The Labute approximate surface area is 174 Å². The van der Waals surface area contributed by atoms with Crippen LogP contribution in [0, 0.1) is 0 Å². The number of imidazole rings is 1. The first kappa shape index (κ1) is 18.3. The summed E-state index contributed by atoms with van der Waals surface area (Å²) in [4.78, 5) is 24.6. The molecule has 1 aromatic heterocycles. The van der Waals surface area contributed by atoms with Crippen LogP contribution < -0.4 is 4.74 Å². The van der Waals surface area contributed by atoms with Crippen LogP contribution in [0.4, 0.5) is 0 Å². The van der Waals surface area contributed by atoms with Crippen LogP contribution in [0.2, 0.25) is 0 Å². The Morgan fingerprint density at radius 1 is 1.24 bits per heavy atom. The second-order valence-electron chi connectivity index (χ2n) is 7.52. The van der Waals surface area contributed by atoms with Gasteiger partial charge in [0.05, 0.1) is 30.3 Å². The van der Waals surface area contributed by atoms with E-state index in [0.29, 0.717) is 0 Å². The van der Waals surface area contributed by atoms with E-state index in [1.54, 1.807) is 18.9 Å². The fourth-order valence-corrected chi connectivity index (χ4v) is 5.53. The third-order valence-electron chi connectivity index (χ3n) is 5.75. The number of fused-ring (bicyclic) bond motifs is 1. The van der Waals surface area contributed by atoms with Crippen LogP contribution in [0.25, 0.3) is 11.3 Å². The van der Waals surface area contributed by atoms with Crippen molar-refractivity contribution in [3.05, 3.63) is 66.1 Å². The molecule has 5 nitrogen and oxygen atoms in total. The predicted molar refractivity (Wildman–Crippen MR) is 114 cm³/mol. The number of methoxy groups -OCH3 is 1. The van der Waals surface area contributed by atoms with Crippen LogP contribution in [-0.2, 0) is 11.2 Å². The Bertz CT molecular complexity index is 1020. The molecule has 1 fully saturated rings. The lowest BCUT2D eigenvalue weighted by atomic mass is 10.1. The summed E-state index contributed by atoms with van der Waals surface area (Å²) in [5, 5.41) is -0.0270. The molecular weight excluding hydrogens is 382 g/mol. The first-order valence-corrected chi connectivity index (χ1v) is 10.9. The Morgan fingerprint density at radius 3 is 3.00 bits per heavy atom. The summed E-state index contributed by atoms with van der Waals surface area (Å²) >= 11 is 1.70. The smallest absolute Gasteiger partial charge is 0.237 e. The molecule has 3 aromatic rings. The zero-order valence-corrected chi connectivity index (χ0v) is 17.1. The number of rotatable bonds is 4. The first-order chi connectivity index (χ1) is 14.2. The van der Waals surface area contributed by atoms with E-state index in [9.17, 15) is 4.79 Å². The van der Waals surface area contributed by atoms with Gasteiger partial charge in [-0.25, -0.2) is 4.98 Å². The molecule has 6 heteroatoms. The molecule has 2 aliphatic heterocycles. The van der Waals surface area contributed by atoms with E-state index in [4.69, 9.17) is 4.74 Å². The number of ether oxygens (including phenoxy) is 1. The summed E-state index contributed by atoms with van der Waals surface area (Å²) in [7, 11) is 1.67. The number of nitrogens with zero attached hydrogens (tertiary/aromatic N) is 2. The minimum absolute atomic E-state index is 0.0196. The Morgan fingerprint density at radius 2 is 2.14 bits per heavy atom. The van der Waals surface area contributed by atoms with Crippen molar-refractivity contribution >= 4 is 17.7 Å². The number of amides is 1. The van der Waals surface area contributed by atoms with E-state index in [0.717, 1.165) is 48.6 Å². The van der Waals surface area contributed by atoms with Crippen molar-refractivity contribution in [1.29, 1.82) is 0 Å². The molecule has 148 valence electrons. The molecule has 1 amide bonds. The number of aromatic amines is 1. The summed E-state index contributed by atoms with van der Waals surface area (Å²) in [6, 6.07) is 16.3. The summed E-state index contributed by atoms with van der Waals surface area (Å²) in [6.45, 7) is 0.798. The summed E-state index contributed by atoms with van der Waals surface area (Å²) in [6.07, 6.45) is 4.62. The van der Waals surface area contributed by atoms with Gasteiger partial charge in [0.1, 0.15) is 11.6 Å². The van der Waals surface area contributed by atoms with Crippen LogP contribution in [-0.4, -0.2) is 39.7 Å². The summed E-state index contributed by atoms with van der Waals surface area (Å²) in [5.74, 6) is 1.91. The number of aromatic nitrogens is 2. The average molecular weight is 406 g/mol. The highest BCUT2D eigenvalue weighted by Gasteiger charge is 2.38. The van der Waals surface area contributed by atoms with Crippen LogP contribution in [0.15, 0.2) is 59.6 Å². The summed E-state index contributed by atoms with van der Waals surface area (Å²) in [5.41, 5.74) is 3.26. The largest absolute Gasteiger partial charge is 0.497 e. The zero-order valence-electron chi connectivity index (χ0n) is 16.3. The van der Waals surface area contributed by atoms with Crippen LogP contribution in [0.5, 0.6) is 5.75 Å². The molecule has 0 saturated carbocycles. The molecule has 2 atom stereocenters. The number of nitrogens with one attached hydrogen (secondary N) is 1. The molecule has 5 rings (SSSR count). The second-order valence-corrected chi connectivity index (χ2v) is 8.77. The number of thioether (sulfide) groups is 1. The number of carbonyl (C=O) groups is 1. The predicted octanol–water partition coefficient (Wildman–Crippen LogP) is 4.47. The van der Waals surface area contributed by atoms with Gasteiger partial charge in [-0.3, -0.25) is 4.79 Å². The van der Waals surface area contributed by atoms with E-state index in [2.05, 4.69) is 22.1 Å². The van der Waals surface area contributed by atoms with Crippen molar-refractivity contribution in [2.45, 2.75) is 35.4 Å².